The summed E-state index contributed by atoms with van der Waals surface area (Å²) in [6, 6.07) is 12.8. The van der Waals surface area contributed by atoms with Crippen LogP contribution in [0.15, 0.2) is 57.9 Å². The smallest absolute Gasteiger partial charge is 0.328 e. The number of nitrogens with one attached hydrogen (secondary N) is 2. The van der Waals surface area contributed by atoms with Gasteiger partial charge >= 0.3 is 5.97 Å². The molecule has 2 aromatic carbocycles. The van der Waals surface area contributed by atoms with E-state index in [9.17, 15) is 14.4 Å². The molecule has 6 nitrogen and oxygen atoms in total. The zero-order valence-electron chi connectivity index (χ0n) is 17.0. The normalized spacial score (nSPS) is 12.0. The van der Waals surface area contributed by atoms with E-state index in [4.69, 9.17) is 4.74 Å². The first-order valence-electron chi connectivity index (χ1n) is 9.58. The third-order valence-electron chi connectivity index (χ3n) is 4.94. The molecular formula is C23H23BrN2O4. The number of benzene rings is 2. The summed E-state index contributed by atoms with van der Waals surface area (Å²) in [4.78, 5) is 40.6. The van der Waals surface area contributed by atoms with Gasteiger partial charge < -0.3 is 15.0 Å². The molecule has 1 heterocycles. The van der Waals surface area contributed by atoms with Gasteiger partial charge in [-0.05, 0) is 35.6 Å². The van der Waals surface area contributed by atoms with Crippen molar-refractivity contribution >= 4 is 38.7 Å². The molecule has 0 aliphatic heterocycles. The van der Waals surface area contributed by atoms with Crippen molar-refractivity contribution in [3.8, 4) is 0 Å². The topological polar surface area (TPSA) is 88.3 Å². The molecule has 0 saturated heterocycles. The maximum absolute atomic E-state index is 13.0. The van der Waals surface area contributed by atoms with E-state index in [2.05, 4.69) is 26.2 Å². The lowest BCUT2D eigenvalue weighted by atomic mass is 10.0. The maximum atomic E-state index is 13.0. The number of hydrogen-bond acceptors (Lipinski definition) is 4. The average Bonchev–Trinajstić information content (AvgIpc) is 2.73. The molecule has 1 amide bonds. The van der Waals surface area contributed by atoms with Crippen molar-refractivity contribution in [2.45, 2.75) is 26.3 Å². The fourth-order valence-corrected chi connectivity index (χ4v) is 3.73. The molecule has 156 valence electrons. The molecule has 0 bridgehead atoms. The minimum Gasteiger partial charge on any atom is -0.467 e. The molecule has 0 radical (unpaired) electrons. The lowest BCUT2D eigenvalue weighted by molar-refractivity contribution is -0.144. The molecule has 1 atom stereocenters. The van der Waals surface area contributed by atoms with Crippen molar-refractivity contribution in [1.29, 1.82) is 0 Å². The number of rotatable bonds is 6. The number of carbonyl (C=O) groups is 2. The molecule has 0 unspecified atom stereocenters. The van der Waals surface area contributed by atoms with Gasteiger partial charge in [0.05, 0.1) is 7.11 Å². The molecule has 7 heteroatoms. The minimum atomic E-state index is -0.836. The highest BCUT2D eigenvalue weighted by molar-refractivity contribution is 9.10. The van der Waals surface area contributed by atoms with Gasteiger partial charge in [-0.25, -0.2) is 4.79 Å². The van der Waals surface area contributed by atoms with Gasteiger partial charge in [0.25, 0.3) is 5.91 Å². The summed E-state index contributed by atoms with van der Waals surface area (Å²) in [6.07, 6.45) is 2.09. The Morgan fingerprint density at radius 1 is 1.17 bits per heavy atom. The van der Waals surface area contributed by atoms with Crippen LogP contribution in [-0.4, -0.2) is 30.0 Å². The second-order valence-electron chi connectivity index (χ2n) is 7.40. The number of halogens is 1. The van der Waals surface area contributed by atoms with E-state index in [1.54, 1.807) is 19.9 Å². The van der Waals surface area contributed by atoms with Crippen LogP contribution in [0.3, 0.4) is 0 Å². The Balaban J connectivity index is 1.94. The van der Waals surface area contributed by atoms with Gasteiger partial charge in [-0.1, -0.05) is 60.1 Å². The molecule has 0 spiro atoms. The molecule has 0 saturated carbocycles. The van der Waals surface area contributed by atoms with Gasteiger partial charge in [0, 0.05) is 21.6 Å². The first-order valence-corrected chi connectivity index (χ1v) is 10.4. The summed E-state index contributed by atoms with van der Waals surface area (Å²) in [7, 11) is 1.26. The van der Waals surface area contributed by atoms with Crippen LogP contribution < -0.4 is 10.7 Å². The molecule has 1 aromatic heterocycles. The van der Waals surface area contributed by atoms with E-state index < -0.39 is 23.3 Å². The van der Waals surface area contributed by atoms with Gasteiger partial charge in [-0.15, -0.1) is 0 Å². The number of esters is 1. The fraction of sp³-hybridized carbons (Fsp3) is 0.261. The largest absolute Gasteiger partial charge is 0.467 e. The highest BCUT2D eigenvalue weighted by Crippen LogP contribution is 2.24. The van der Waals surface area contributed by atoms with E-state index in [1.807, 2.05) is 36.4 Å². The second-order valence-corrected chi connectivity index (χ2v) is 8.26. The van der Waals surface area contributed by atoms with Gasteiger partial charge in [0.1, 0.15) is 11.6 Å². The second kappa shape index (κ2) is 9.26. The molecule has 3 rings (SSSR count). The average molecular weight is 471 g/mol. The summed E-state index contributed by atoms with van der Waals surface area (Å²) in [5.41, 5.74) is 2.35. The molecular weight excluding hydrogens is 448 g/mol. The molecule has 2 N–H and O–H groups in total. The number of H-pyrrole nitrogens is 1. The number of aromatic amines is 1. The lowest BCUT2D eigenvalue weighted by Crippen LogP contribution is -2.46. The first-order chi connectivity index (χ1) is 14.3. The zero-order valence-corrected chi connectivity index (χ0v) is 18.6. The quantitative estimate of drug-likeness (QED) is 0.536. The Labute approximate surface area is 182 Å². The van der Waals surface area contributed by atoms with Crippen LogP contribution in [0.2, 0.25) is 0 Å². The monoisotopic (exact) mass is 470 g/mol. The first kappa shape index (κ1) is 21.8. The van der Waals surface area contributed by atoms with E-state index in [-0.39, 0.29) is 11.5 Å². The summed E-state index contributed by atoms with van der Waals surface area (Å²) < 4.78 is 5.53. The van der Waals surface area contributed by atoms with Crippen molar-refractivity contribution < 1.29 is 14.3 Å². The lowest BCUT2D eigenvalue weighted by Gasteiger charge is -2.19. The van der Waals surface area contributed by atoms with Crippen LogP contribution in [0.25, 0.3) is 10.9 Å². The Hall–Kier alpha value is -2.93. The number of carbonyl (C=O) groups excluding carboxylic acids is 2. The number of fused-ring (bicyclic) bond motifs is 1. The zero-order chi connectivity index (χ0) is 21.8. The van der Waals surface area contributed by atoms with Crippen LogP contribution in [0, 0.1) is 5.92 Å². The van der Waals surface area contributed by atoms with E-state index in [1.165, 1.54) is 13.3 Å². The summed E-state index contributed by atoms with van der Waals surface area (Å²) in [5, 5.41) is 3.00. The van der Waals surface area contributed by atoms with Crippen molar-refractivity contribution in [3.63, 3.8) is 0 Å². The third-order valence-corrected chi connectivity index (χ3v) is 5.68. The maximum Gasteiger partial charge on any atom is 0.328 e. The number of hydrogen-bond donors (Lipinski definition) is 2. The number of pyridine rings is 1. The van der Waals surface area contributed by atoms with Gasteiger partial charge in [-0.3, -0.25) is 9.59 Å². The predicted octanol–water partition coefficient (Wildman–Crippen LogP) is 3.81. The van der Waals surface area contributed by atoms with Crippen molar-refractivity contribution in [2.75, 3.05) is 7.11 Å². The van der Waals surface area contributed by atoms with Crippen LogP contribution >= 0.6 is 15.9 Å². The van der Waals surface area contributed by atoms with E-state index in [0.717, 1.165) is 15.6 Å². The van der Waals surface area contributed by atoms with Gasteiger partial charge in [0.15, 0.2) is 0 Å². The Bertz CT molecular complexity index is 1140. The number of methoxy groups -OCH3 is 1. The molecule has 0 aliphatic carbocycles. The molecule has 30 heavy (non-hydrogen) atoms. The summed E-state index contributed by atoms with van der Waals surface area (Å²) in [6.45, 7) is 3.58. The SMILES string of the molecule is COC(=O)[C@@H](NC(=O)c1c[nH]c2cc(Cc3ccccc3)c(Br)cc2c1=O)C(C)C. The highest BCUT2D eigenvalue weighted by Gasteiger charge is 2.26. The summed E-state index contributed by atoms with van der Waals surface area (Å²) in [5.74, 6) is -1.36. The van der Waals surface area contributed by atoms with Crippen LogP contribution in [-0.2, 0) is 16.0 Å². The standard InChI is InChI=1S/C23H23BrN2O4/c1-13(2)20(23(29)30-3)26-22(28)17-12-25-19-10-15(9-14-7-5-4-6-8-14)18(24)11-16(19)21(17)27/h4-8,10-13,20H,9H2,1-3H3,(H,25,27)(H,26,28)/t20-/m0/s1. The van der Waals surface area contributed by atoms with Crippen molar-refractivity contribution in [1.82, 2.24) is 10.3 Å². The predicted molar refractivity (Wildman–Crippen MR) is 120 cm³/mol. The Morgan fingerprint density at radius 2 is 1.87 bits per heavy atom. The van der Waals surface area contributed by atoms with Gasteiger partial charge in [-0.2, -0.15) is 0 Å². The summed E-state index contributed by atoms with van der Waals surface area (Å²) >= 11 is 3.54. The number of amides is 1. The fourth-order valence-electron chi connectivity index (χ4n) is 3.25. The molecule has 3 aromatic rings. The van der Waals surface area contributed by atoms with E-state index >= 15 is 0 Å². The van der Waals surface area contributed by atoms with Crippen LogP contribution in [0.1, 0.15) is 35.3 Å². The Kier molecular flexibility index (Phi) is 6.72. The molecule has 0 fully saturated rings. The van der Waals surface area contributed by atoms with Gasteiger partial charge in [0.2, 0.25) is 5.43 Å². The highest BCUT2D eigenvalue weighted by atomic mass is 79.9. The van der Waals surface area contributed by atoms with Crippen LogP contribution in [0.5, 0.6) is 0 Å². The number of ether oxygens (including phenoxy) is 1. The molecule has 0 aliphatic rings. The van der Waals surface area contributed by atoms with E-state index in [0.29, 0.717) is 17.3 Å². The minimum absolute atomic E-state index is 0.0558. The van der Waals surface area contributed by atoms with Crippen molar-refractivity contribution in [2.24, 2.45) is 5.92 Å². The van der Waals surface area contributed by atoms with Crippen LogP contribution in [0.4, 0.5) is 0 Å². The Morgan fingerprint density at radius 3 is 2.50 bits per heavy atom. The van der Waals surface area contributed by atoms with Crippen molar-refractivity contribution in [3.05, 3.63) is 80.0 Å². The third kappa shape index (κ3) is 4.62. The number of aromatic nitrogens is 1.